The molecule has 0 spiro atoms. The minimum Gasteiger partial charge on any atom is -0.465 e. The summed E-state index contributed by atoms with van der Waals surface area (Å²) in [5.74, 6) is -1.44. The van der Waals surface area contributed by atoms with Crippen LogP contribution in [0.2, 0.25) is 0 Å². The molecule has 1 aliphatic carbocycles. The van der Waals surface area contributed by atoms with E-state index < -0.39 is 11.8 Å². The fraction of sp³-hybridized carbons (Fsp3) is 0.923. The Balaban J connectivity index is 1.10. The predicted octanol–water partition coefficient (Wildman–Crippen LogP) is 4.34. The van der Waals surface area contributed by atoms with Crippen LogP contribution in [0.15, 0.2) is 0 Å². The zero-order valence-corrected chi connectivity index (χ0v) is 20.4. The van der Waals surface area contributed by atoms with Gasteiger partial charge in [0.2, 0.25) is 0 Å². The lowest BCUT2D eigenvalue weighted by Crippen LogP contribution is -2.37. The average molecular weight is 467 g/mol. The van der Waals surface area contributed by atoms with E-state index in [1.807, 2.05) is 0 Å². The maximum atomic E-state index is 12.7. The summed E-state index contributed by atoms with van der Waals surface area (Å²) in [5.41, 5.74) is 0. The van der Waals surface area contributed by atoms with E-state index in [0.717, 1.165) is 64.2 Å². The second kappa shape index (κ2) is 12.0. The van der Waals surface area contributed by atoms with Gasteiger partial charge in [-0.05, 0) is 64.2 Å². The Hall–Kier alpha value is -1.18. The fourth-order valence-corrected chi connectivity index (χ4v) is 5.34. The van der Waals surface area contributed by atoms with Gasteiger partial charge in [0.15, 0.2) is 0 Å². The van der Waals surface area contributed by atoms with Crippen LogP contribution in [0.3, 0.4) is 0 Å². The van der Waals surface area contributed by atoms with Crippen molar-refractivity contribution in [2.24, 2.45) is 11.8 Å². The smallest absolute Gasteiger partial charge is 0.309 e. The molecule has 0 aromatic rings. The first-order valence-corrected chi connectivity index (χ1v) is 13.4. The normalized spacial score (nSPS) is 36.1. The first kappa shape index (κ1) is 24.9. The second-order valence-electron chi connectivity index (χ2n) is 10.2. The van der Waals surface area contributed by atoms with Gasteiger partial charge in [-0.2, -0.15) is 0 Å². The number of epoxide rings is 3. The van der Waals surface area contributed by atoms with Crippen LogP contribution in [0, 0.1) is 11.8 Å². The van der Waals surface area contributed by atoms with Gasteiger partial charge in [-0.15, -0.1) is 0 Å². The number of ether oxygens (including phenoxy) is 5. The molecule has 0 N–H and O–H groups in total. The average Bonchev–Trinajstić information content (AvgIpc) is 3.69. The third kappa shape index (κ3) is 7.40. The van der Waals surface area contributed by atoms with Gasteiger partial charge in [0.05, 0.1) is 61.7 Å². The molecule has 33 heavy (non-hydrogen) atoms. The maximum Gasteiger partial charge on any atom is 0.309 e. The minimum atomic E-state index is -0.448. The second-order valence-corrected chi connectivity index (χ2v) is 10.2. The molecule has 4 fully saturated rings. The number of esters is 2. The topological polar surface area (TPSA) is 90.2 Å². The monoisotopic (exact) mass is 466 g/mol. The zero-order valence-electron chi connectivity index (χ0n) is 20.4. The van der Waals surface area contributed by atoms with Crippen molar-refractivity contribution in [3.63, 3.8) is 0 Å². The van der Waals surface area contributed by atoms with Gasteiger partial charge in [-0.1, -0.05) is 26.7 Å². The van der Waals surface area contributed by atoms with Crippen LogP contribution in [-0.2, 0) is 33.3 Å². The lowest BCUT2D eigenvalue weighted by atomic mass is 9.79. The number of unbranched alkanes of at least 4 members (excludes halogenated alkanes) is 2. The Morgan fingerprint density at radius 1 is 0.636 bits per heavy atom. The molecule has 8 unspecified atom stereocenters. The predicted molar refractivity (Wildman–Crippen MR) is 122 cm³/mol. The van der Waals surface area contributed by atoms with Crippen LogP contribution in [0.1, 0.15) is 90.9 Å². The highest BCUT2D eigenvalue weighted by Gasteiger charge is 2.53. The molecule has 7 nitrogen and oxygen atoms in total. The van der Waals surface area contributed by atoms with E-state index in [-0.39, 0.29) is 24.1 Å². The summed E-state index contributed by atoms with van der Waals surface area (Å²) < 4.78 is 28.0. The first-order chi connectivity index (χ1) is 16.1. The van der Waals surface area contributed by atoms with Crippen molar-refractivity contribution in [2.75, 3.05) is 13.2 Å². The summed E-state index contributed by atoms with van der Waals surface area (Å²) in [6, 6.07) is 0. The Kier molecular flexibility index (Phi) is 9.05. The van der Waals surface area contributed by atoms with Crippen molar-refractivity contribution < 1.29 is 33.3 Å². The Morgan fingerprint density at radius 2 is 1.06 bits per heavy atom. The quantitative estimate of drug-likeness (QED) is 0.190. The van der Waals surface area contributed by atoms with Gasteiger partial charge < -0.3 is 23.7 Å². The van der Waals surface area contributed by atoms with Crippen molar-refractivity contribution >= 4 is 11.9 Å². The largest absolute Gasteiger partial charge is 0.465 e. The molecule has 8 atom stereocenters. The third-order valence-electron chi connectivity index (χ3n) is 7.53. The summed E-state index contributed by atoms with van der Waals surface area (Å²) in [5, 5.41) is 0. The highest BCUT2D eigenvalue weighted by molar-refractivity contribution is 5.82. The number of fused-ring (bicyclic) bond motifs is 1. The molecule has 4 rings (SSSR count). The molecule has 0 radical (unpaired) electrons. The standard InChI is InChI=1S/C26H42O7/c1-3-9-19-21(31-19)11-5-7-13-29-25(27)17-15-23-24(33-23)16-18(17)26(28)30-14-8-6-12-22-20(32-22)10-4-2/h17-24H,3-16H2,1-2H3. The zero-order chi connectivity index (χ0) is 23.2. The van der Waals surface area contributed by atoms with Gasteiger partial charge in [0.25, 0.3) is 0 Å². The van der Waals surface area contributed by atoms with Crippen LogP contribution in [0.5, 0.6) is 0 Å². The van der Waals surface area contributed by atoms with Gasteiger partial charge in [0.1, 0.15) is 0 Å². The van der Waals surface area contributed by atoms with E-state index in [9.17, 15) is 9.59 Å². The van der Waals surface area contributed by atoms with Gasteiger partial charge >= 0.3 is 11.9 Å². The van der Waals surface area contributed by atoms with Crippen molar-refractivity contribution in [1.82, 2.24) is 0 Å². The van der Waals surface area contributed by atoms with E-state index >= 15 is 0 Å². The van der Waals surface area contributed by atoms with E-state index in [2.05, 4.69) is 13.8 Å². The lowest BCUT2D eigenvalue weighted by molar-refractivity contribution is -0.162. The Morgan fingerprint density at radius 3 is 1.48 bits per heavy atom. The van der Waals surface area contributed by atoms with Gasteiger partial charge in [-0.25, -0.2) is 0 Å². The van der Waals surface area contributed by atoms with E-state index in [1.54, 1.807) is 0 Å². The number of carbonyl (C=O) groups is 2. The molecular formula is C26H42O7. The highest BCUT2D eigenvalue weighted by Crippen LogP contribution is 2.44. The summed E-state index contributed by atoms with van der Waals surface area (Å²) in [4.78, 5) is 25.5. The molecule has 4 aliphatic rings. The molecule has 188 valence electrons. The van der Waals surface area contributed by atoms with Crippen molar-refractivity contribution in [3.8, 4) is 0 Å². The fourth-order valence-electron chi connectivity index (χ4n) is 5.34. The Bertz CT molecular complexity index is 599. The molecule has 3 saturated heterocycles. The van der Waals surface area contributed by atoms with Crippen LogP contribution in [0.4, 0.5) is 0 Å². The van der Waals surface area contributed by atoms with E-state index in [1.165, 1.54) is 0 Å². The molecule has 1 saturated carbocycles. The first-order valence-electron chi connectivity index (χ1n) is 13.4. The Labute approximate surface area is 198 Å². The van der Waals surface area contributed by atoms with Crippen LogP contribution in [0.25, 0.3) is 0 Å². The molecule has 0 amide bonds. The lowest BCUT2D eigenvalue weighted by Gasteiger charge is -2.26. The molecule has 3 aliphatic heterocycles. The number of hydrogen-bond acceptors (Lipinski definition) is 7. The summed E-state index contributed by atoms with van der Waals surface area (Å²) in [6.45, 7) is 5.15. The van der Waals surface area contributed by atoms with Crippen LogP contribution >= 0.6 is 0 Å². The third-order valence-corrected chi connectivity index (χ3v) is 7.53. The van der Waals surface area contributed by atoms with Crippen LogP contribution in [-0.4, -0.2) is 61.8 Å². The van der Waals surface area contributed by atoms with Gasteiger partial charge in [-0.3, -0.25) is 9.59 Å². The summed E-state index contributed by atoms with van der Waals surface area (Å²) in [7, 11) is 0. The summed E-state index contributed by atoms with van der Waals surface area (Å²) in [6.07, 6.45) is 13.3. The SMILES string of the molecule is CCCC1OC1CCCCOC(=O)C1CC2OC2CC1C(=O)OCCCCC1OC1CCC. The number of rotatable bonds is 16. The molecule has 3 heterocycles. The molecular weight excluding hydrogens is 424 g/mol. The van der Waals surface area contributed by atoms with Crippen molar-refractivity contribution in [3.05, 3.63) is 0 Å². The number of hydrogen-bond donors (Lipinski definition) is 0. The van der Waals surface area contributed by atoms with E-state index in [0.29, 0.717) is 50.5 Å². The molecule has 0 bridgehead atoms. The highest BCUT2D eigenvalue weighted by atomic mass is 16.6. The molecule has 0 aromatic heterocycles. The number of carbonyl (C=O) groups excluding carboxylic acids is 2. The van der Waals surface area contributed by atoms with Gasteiger partial charge in [0, 0.05) is 0 Å². The van der Waals surface area contributed by atoms with Crippen molar-refractivity contribution in [2.45, 2.75) is 128 Å². The molecule has 7 heteroatoms. The van der Waals surface area contributed by atoms with Crippen molar-refractivity contribution in [1.29, 1.82) is 0 Å². The summed E-state index contributed by atoms with van der Waals surface area (Å²) >= 11 is 0. The van der Waals surface area contributed by atoms with Crippen LogP contribution < -0.4 is 0 Å². The molecule has 0 aromatic carbocycles. The minimum absolute atomic E-state index is 0.101. The maximum absolute atomic E-state index is 12.7. The van der Waals surface area contributed by atoms with E-state index in [4.69, 9.17) is 23.7 Å².